The van der Waals surface area contributed by atoms with Crippen LogP contribution in [-0.4, -0.2) is 28.4 Å². The molecule has 0 unspecified atom stereocenters. The van der Waals surface area contributed by atoms with Crippen molar-refractivity contribution in [1.82, 2.24) is 4.90 Å². The van der Waals surface area contributed by atoms with Crippen molar-refractivity contribution in [1.29, 1.82) is 0 Å². The van der Waals surface area contributed by atoms with Crippen LogP contribution in [0.1, 0.15) is 44.6 Å². The van der Waals surface area contributed by atoms with Gasteiger partial charge in [-0.3, -0.25) is 4.79 Å². The van der Waals surface area contributed by atoms with Crippen molar-refractivity contribution in [2.24, 2.45) is 0 Å². The van der Waals surface area contributed by atoms with Gasteiger partial charge in [-0.15, -0.1) is 0 Å². The monoisotopic (exact) mass is 415 g/mol. The minimum atomic E-state index is 0.272. The second-order valence-electron chi connectivity index (χ2n) is 7.14. The highest BCUT2D eigenvalue weighted by molar-refractivity contribution is 8.76. The fourth-order valence-electron chi connectivity index (χ4n) is 3.19. The summed E-state index contributed by atoms with van der Waals surface area (Å²) in [6.45, 7) is 3.78. The molecule has 3 rings (SSSR count). The number of para-hydroxylation sites is 1. The predicted octanol–water partition coefficient (Wildman–Crippen LogP) is 6.54. The number of carbonyl (C=O) groups is 1. The molecular weight excluding hydrogens is 386 g/mol. The van der Waals surface area contributed by atoms with E-state index in [9.17, 15) is 4.79 Å². The highest BCUT2D eigenvalue weighted by atomic mass is 33.1. The van der Waals surface area contributed by atoms with E-state index in [1.54, 1.807) is 0 Å². The van der Waals surface area contributed by atoms with Crippen molar-refractivity contribution in [3.05, 3.63) is 60.2 Å². The lowest BCUT2D eigenvalue weighted by molar-refractivity contribution is -0.128. The molecule has 1 amide bonds. The second kappa shape index (κ2) is 11.4. The Labute approximate surface area is 176 Å². The first kappa shape index (κ1) is 21.1. The first-order valence-electron chi connectivity index (χ1n) is 10.1. The van der Waals surface area contributed by atoms with Crippen molar-refractivity contribution in [2.75, 3.05) is 12.3 Å². The van der Waals surface area contributed by atoms with E-state index in [4.69, 9.17) is 4.74 Å². The number of carbonyl (C=O) groups excluding carboxylic acids is 1. The summed E-state index contributed by atoms with van der Waals surface area (Å²) in [5.74, 6) is 3.11. The van der Waals surface area contributed by atoms with Crippen molar-refractivity contribution in [3.63, 3.8) is 0 Å². The molecule has 1 fully saturated rings. The molecule has 1 atom stereocenters. The number of hydrogen-bond donors (Lipinski definition) is 0. The lowest BCUT2D eigenvalue weighted by Gasteiger charge is -2.17. The van der Waals surface area contributed by atoms with Crippen molar-refractivity contribution in [3.8, 4) is 11.5 Å². The van der Waals surface area contributed by atoms with E-state index in [1.165, 1.54) is 31.4 Å². The molecule has 5 heteroatoms. The Morgan fingerprint density at radius 2 is 1.75 bits per heavy atom. The zero-order valence-corrected chi connectivity index (χ0v) is 18.1. The molecular formula is C23H29NO2S2. The van der Waals surface area contributed by atoms with Gasteiger partial charge in [0.1, 0.15) is 11.5 Å². The van der Waals surface area contributed by atoms with Gasteiger partial charge in [0, 0.05) is 30.5 Å². The van der Waals surface area contributed by atoms with Crippen LogP contribution >= 0.6 is 21.6 Å². The maximum atomic E-state index is 12.3. The van der Waals surface area contributed by atoms with Gasteiger partial charge in [-0.1, -0.05) is 78.1 Å². The van der Waals surface area contributed by atoms with Crippen LogP contribution in [0.15, 0.2) is 54.6 Å². The molecule has 0 spiro atoms. The van der Waals surface area contributed by atoms with E-state index in [2.05, 4.69) is 19.1 Å². The number of hydrogen-bond acceptors (Lipinski definition) is 4. The molecule has 0 aromatic heterocycles. The fraction of sp³-hybridized carbons (Fsp3) is 0.435. The SMILES string of the molecule is CCCCCCSS[C@@H]1CC(=O)N(Cc2ccc(Oc3ccccc3)cc2)C1. The Bertz CT molecular complexity index is 721. The van der Waals surface area contributed by atoms with E-state index in [0.717, 1.165) is 23.6 Å². The minimum Gasteiger partial charge on any atom is -0.457 e. The van der Waals surface area contributed by atoms with E-state index in [-0.39, 0.29) is 5.91 Å². The summed E-state index contributed by atoms with van der Waals surface area (Å²) >= 11 is 0. The molecule has 0 radical (unpaired) electrons. The number of unbranched alkanes of at least 4 members (excludes halogenated alkanes) is 3. The van der Waals surface area contributed by atoms with Crippen LogP contribution in [0.5, 0.6) is 11.5 Å². The summed E-state index contributed by atoms with van der Waals surface area (Å²) in [6, 6.07) is 17.8. The molecule has 28 heavy (non-hydrogen) atoms. The maximum absolute atomic E-state index is 12.3. The first-order valence-corrected chi connectivity index (χ1v) is 12.5. The van der Waals surface area contributed by atoms with Gasteiger partial charge in [-0.05, 0) is 36.2 Å². The highest BCUT2D eigenvalue weighted by Crippen LogP contribution is 2.34. The van der Waals surface area contributed by atoms with Crippen LogP contribution in [0, 0.1) is 0 Å². The quantitative estimate of drug-likeness (QED) is 0.308. The maximum Gasteiger partial charge on any atom is 0.224 e. The first-order chi connectivity index (χ1) is 13.7. The molecule has 0 aliphatic carbocycles. The fourth-order valence-corrected chi connectivity index (χ4v) is 5.86. The smallest absolute Gasteiger partial charge is 0.224 e. The number of nitrogens with zero attached hydrogens (tertiary/aromatic N) is 1. The molecule has 0 N–H and O–H groups in total. The normalized spacial score (nSPS) is 16.5. The summed E-state index contributed by atoms with van der Waals surface area (Å²) in [7, 11) is 3.83. The average Bonchev–Trinajstić information content (AvgIpc) is 3.06. The summed E-state index contributed by atoms with van der Waals surface area (Å²) in [5, 5.41) is 0.421. The molecule has 0 saturated carbocycles. The Hall–Kier alpha value is -1.59. The molecule has 3 nitrogen and oxygen atoms in total. The van der Waals surface area contributed by atoms with Gasteiger partial charge in [0.2, 0.25) is 5.91 Å². The van der Waals surface area contributed by atoms with Crippen LogP contribution in [0.4, 0.5) is 0 Å². The van der Waals surface area contributed by atoms with Crippen molar-refractivity contribution < 1.29 is 9.53 Å². The summed E-state index contributed by atoms with van der Waals surface area (Å²) in [5.41, 5.74) is 1.15. The second-order valence-corrected chi connectivity index (χ2v) is 9.93. The third-order valence-electron chi connectivity index (χ3n) is 4.74. The Kier molecular flexibility index (Phi) is 8.62. The van der Waals surface area contributed by atoms with Crippen LogP contribution in [-0.2, 0) is 11.3 Å². The molecule has 2 aromatic carbocycles. The summed E-state index contributed by atoms with van der Waals surface area (Å²) in [4.78, 5) is 14.3. The van der Waals surface area contributed by atoms with Crippen LogP contribution in [0.3, 0.4) is 0 Å². The van der Waals surface area contributed by atoms with Crippen molar-refractivity contribution in [2.45, 2.75) is 50.8 Å². The van der Waals surface area contributed by atoms with Crippen LogP contribution < -0.4 is 4.74 Å². The number of rotatable bonds is 11. The van der Waals surface area contributed by atoms with Gasteiger partial charge >= 0.3 is 0 Å². The zero-order chi connectivity index (χ0) is 19.6. The van der Waals surface area contributed by atoms with Gasteiger partial charge < -0.3 is 9.64 Å². The Morgan fingerprint density at radius 3 is 2.50 bits per heavy atom. The minimum absolute atomic E-state index is 0.272. The lowest BCUT2D eigenvalue weighted by Crippen LogP contribution is -2.24. The number of amides is 1. The van der Waals surface area contributed by atoms with Crippen molar-refractivity contribution >= 4 is 27.5 Å². The average molecular weight is 416 g/mol. The Morgan fingerprint density at radius 1 is 1.00 bits per heavy atom. The van der Waals surface area contributed by atoms with Gasteiger partial charge in [0.25, 0.3) is 0 Å². The molecule has 2 aromatic rings. The van der Waals surface area contributed by atoms with Crippen LogP contribution in [0.25, 0.3) is 0 Å². The summed E-state index contributed by atoms with van der Waals surface area (Å²) in [6.07, 6.45) is 5.89. The molecule has 0 bridgehead atoms. The number of ether oxygens (including phenoxy) is 1. The van der Waals surface area contributed by atoms with Gasteiger partial charge in [0.15, 0.2) is 0 Å². The van der Waals surface area contributed by atoms with Crippen LogP contribution in [0.2, 0.25) is 0 Å². The predicted molar refractivity (Wildman–Crippen MR) is 121 cm³/mol. The standard InChI is InChI=1S/C23H29NO2S2/c1-2-3-4-8-15-27-28-22-16-23(25)24(18-22)17-19-11-13-21(14-12-19)26-20-9-6-5-7-10-20/h5-7,9-14,22H,2-4,8,15-18H2,1H3/t22-/m1/s1. The molecule has 1 aliphatic rings. The van der Waals surface area contributed by atoms with E-state index in [0.29, 0.717) is 18.2 Å². The molecule has 1 heterocycles. The molecule has 150 valence electrons. The van der Waals surface area contributed by atoms with Gasteiger partial charge in [0.05, 0.1) is 0 Å². The van der Waals surface area contributed by atoms with E-state index >= 15 is 0 Å². The topological polar surface area (TPSA) is 29.5 Å². The van der Waals surface area contributed by atoms with Gasteiger partial charge in [-0.2, -0.15) is 0 Å². The number of benzene rings is 2. The Balaban J connectivity index is 1.41. The van der Waals surface area contributed by atoms with E-state index in [1.807, 2.05) is 69.0 Å². The third-order valence-corrected chi connectivity index (χ3v) is 7.64. The lowest BCUT2D eigenvalue weighted by atomic mass is 10.2. The largest absolute Gasteiger partial charge is 0.457 e. The van der Waals surface area contributed by atoms with Gasteiger partial charge in [-0.25, -0.2) is 0 Å². The molecule has 1 aliphatic heterocycles. The summed E-state index contributed by atoms with van der Waals surface area (Å²) < 4.78 is 5.83. The van der Waals surface area contributed by atoms with E-state index < -0.39 is 0 Å². The molecule has 1 saturated heterocycles. The zero-order valence-electron chi connectivity index (χ0n) is 16.5. The third kappa shape index (κ3) is 6.78. The highest BCUT2D eigenvalue weighted by Gasteiger charge is 2.29. The number of likely N-dealkylation sites (tertiary alicyclic amines) is 1.